The third-order valence-corrected chi connectivity index (χ3v) is 4.72. The number of methoxy groups -OCH3 is 1. The van der Waals surface area contributed by atoms with E-state index < -0.39 is 0 Å². The number of tetrazole rings is 1. The number of carbonyl (C=O) groups excluding carboxylic acids is 1. The van der Waals surface area contributed by atoms with Crippen molar-refractivity contribution in [2.75, 3.05) is 32.1 Å². The highest BCUT2D eigenvalue weighted by atomic mass is 16.5. The number of aliphatic imine (C=N–C) groups is 1. The minimum Gasteiger partial charge on any atom is -0.383 e. The molecule has 0 aliphatic carbocycles. The molecule has 10 heteroatoms. The molecule has 1 aliphatic heterocycles. The van der Waals surface area contributed by atoms with Crippen molar-refractivity contribution in [1.29, 1.82) is 0 Å². The molecular formula is C21H24N8O2. The minimum atomic E-state index is -0.190. The van der Waals surface area contributed by atoms with E-state index >= 15 is 0 Å². The zero-order valence-electron chi connectivity index (χ0n) is 17.2. The van der Waals surface area contributed by atoms with Crippen LogP contribution in [0.5, 0.6) is 0 Å². The number of carbonyl (C=O) groups is 1. The lowest BCUT2D eigenvalue weighted by molar-refractivity contribution is 0.0975. The summed E-state index contributed by atoms with van der Waals surface area (Å²) in [4.78, 5) is 16.6. The van der Waals surface area contributed by atoms with E-state index in [2.05, 4.69) is 36.5 Å². The quantitative estimate of drug-likeness (QED) is 0.533. The Bertz CT molecular complexity index is 1060. The van der Waals surface area contributed by atoms with Crippen molar-refractivity contribution in [1.82, 2.24) is 30.8 Å². The van der Waals surface area contributed by atoms with Crippen LogP contribution in [0.1, 0.15) is 16.8 Å². The molecule has 31 heavy (non-hydrogen) atoms. The Morgan fingerprint density at radius 2 is 2.06 bits per heavy atom. The first-order chi connectivity index (χ1) is 15.2. The van der Waals surface area contributed by atoms with Crippen molar-refractivity contribution in [3.05, 3.63) is 54.1 Å². The fourth-order valence-corrected chi connectivity index (χ4v) is 3.14. The van der Waals surface area contributed by atoms with Crippen LogP contribution in [-0.4, -0.2) is 58.9 Å². The normalized spacial score (nSPS) is 13.3. The maximum atomic E-state index is 12.4. The molecular weight excluding hydrogens is 396 g/mol. The SMILES string of the molecule is COCCn1nnnc1-c1cccc(Nc2ccc(C(=O)NC3=NCCCN3)cc2)c1. The van der Waals surface area contributed by atoms with Crippen LogP contribution in [0.25, 0.3) is 11.4 Å². The third-order valence-electron chi connectivity index (χ3n) is 4.72. The van der Waals surface area contributed by atoms with Crippen molar-refractivity contribution in [3.63, 3.8) is 0 Å². The summed E-state index contributed by atoms with van der Waals surface area (Å²) in [5.41, 5.74) is 3.20. The van der Waals surface area contributed by atoms with E-state index in [1.54, 1.807) is 23.9 Å². The summed E-state index contributed by atoms with van der Waals surface area (Å²) in [6.07, 6.45) is 0.975. The van der Waals surface area contributed by atoms with Gasteiger partial charge >= 0.3 is 0 Å². The largest absolute Gasteiger partial charge is 0.383 e. The number of ether oxygens (including phenoxy) is 1. The summed E-state index contributed by atoms with van der Waals surface area (Å²) < 4.78 is 6.82. The van der Waals surface area contributed by atoms with Crippen molar-refractivity contribution in [2.45, 2.75) is 13.0 Å². The first-order valence-electron chi connectivity index (χ1n) is 10.1. The molecule has 160 valence electrons. The van der Waals surface area contributed by atoms with Gasteiger partial charge in [0.1, 0.15) is 0 Å². The summed E-state index contributed by atoms with van der Waals surface area (Å²) >= 11 is 0. The monoisotopic (exact) mass is 420 g/mol. The third kappa shape index (κ3) is 5.23. The Morgan fingerprint density at radius 1 is 1.19 bits per heavy atom. The summed E-state index contributed by atoms with van der Waals surface area (Å²) in [5, 5.41) is 21.1. The molecule has 0 radical (unpaired) electrons. The molecule has 2 aromatic carbocycles. The van der Waals surface area contributed by atoms with Gasteiger partial charge in [-0.15, -0.1) is 5.10 Å². The highest BCUT2D eigenvalue weighted by Gasteiger charge is 2.12. The average molecular weight is 420 g/mol. The Hall–Kier alpha value is -3.79. The highest BCUT2D eigenvalue weighted by molar-refractivity contribution is 6.05. The predicted octanol–water partition coefficient (Wildman–Crippen LogP) is 1.81. The van der Waals surface area contributed by atoms with E-state index in [0.29, 0.717) is 30.5 Å². The molecule has 1 aliphatic rings. The van der Waals surface area contributed by atoms with E-state index in [1.165, 1.54) is 0 Å². The van der Waals surface area contributed by atoms with E-state index in [0.717, 1.165) is 36.4 Å². The van der Waals surface area contributed by atoms with E-state index in [1.807, 2.05) is 36.4 Å². The van der Waals surface area contributed by atoms with Gasteiger partial charge in [-0.1, -0.05) is 12.1 Å². The standard InChI is InChI=1S/C21H24N8O2/c1-31-13-12-29-19(26-27-28-29)16-4-2-5-18(14-16)24-17-8-6-15(7-9-17)20(30)25-21-22-10-3-11-23-21/h2,4-9,14,24H,3,10-13H2,1H3,(H2,22,23,25,30). The van der Waals surface area contributed by atoms with E-state index in [-0.39, 0.29) is 5.91 Å². The zero-order valence-corrected chi connectivity index (χ0v) is 17.2. The van der Waals surface area contributed by atoms with Gasteiger partial charge in [0.25, 0.3) is 5.91 Å². The average Bonchev–Trinajstić information content (AvgIpc) is 3.28. The lowest BCUT2D eigenvalue weighted by Crippen LogP contribution is -2.43. The van der Waals surface area contributed by atoms with Gasteiger partial charge in [0.15, 0.2) is 11.8 Å². The summed E-state index contributed by atoms with van der Waals surface area (Å²) in [5.74, 6) is 1.01. The lowest BCUT2D eigenvalue weighted by Gasteiger charge is -2.15. The molecule has 0 unspecified atom stereocenters. The molecule has 4 rings (SSSR count). The molecule has 0 bridgehead atoms. The second-order valence-electron chi connectivity index (χ2n) is 6.97. The van der Waals surface area contributed by atoms with Gasteiger partial charge in [-0.3, -0.25) is 15.1 Å². The second-order valence-corrected chi connectivity index (χ2v) is 6.97. The molecule has 1 aromatic heterocycles. The van der Waals surface area contributed by atoms with E-state index in [4.69, 9.17) is 4.74 Å². The zero-order chi connectivity index (χ0) is 21.5. The first-order valence-corrected chi connectivity index (χ1v) is 10.1. The van der Waals surface area contributed by atoms with Gasteiger partial charge in [-0.2, -0.15) is 0 Å². The minimum absolute atomic E-state index is 0.190. The summed E-state index contributed by atoms with van der Waals surface area (Å²) in [6, 6.07) is 15.1. The molecule has 3 aromatic rings. The van der Waals surface area contributed by atoms with Gasteiger partial charge in [0.2, 0.25) is 0 Å². The van der Waals surface area contributed by atoms with Crippen molar-refractivity contribution < 1.29 is 9.53 Å². The molecule has 0 atom stereocenters. The number of aromatic nitrogens is 4. The van der Waals surface area contributed by atoms with Crippen LogP contribution in [0.4, 0.5) is 11.4 Å². The maximum absolute atomic E-state index is 12.4. The van der Waals surface area contributed by atoms with Crippen LogP contribution in [0.3, 0.4) is 0 Å². The van der Waals surface area contributed by atoms with Crippen molar-refractivity contribution in [2.24, 2.45) is 4.99 Å². The van der Waals surface area contributed by atoms with Crippen LogP contribution in [-0.2, 0) is 11.3 Å². The van der Waals surface area contributed by atoms with Crippen molar-refractivity contribution in [3.8, 4) is 11.4 Å². The summed E-state index contributed by atoms with van der Waals surface area (Å²) in [6.45, 7) is 2.64. The predicted molar refractivity (Wildman–Crippen MR) is 117 cm³/mol. The van der Waals surface area contributed by atoms with Gasteiger partial charge < -0.3 is 15.4 Å². The van der Waals surface area contributed by atoms with E-state index in [9.17, 15) is 4.79 Å². The maximum Gasteiger partial charge on any atom is 0.257 e. The molecule has 0 spiro atoms. The van der Waals surface area contributed by atoms with Crippen LogP contribution < -0.4 is 16.0 Å². The van der Waals surface area contributed by atoms with Gasteiger partial charge in [-0.25, -0.2) is 4.68 Å². The number of amides is 1. The van der Waals surface area contributed by atoms with Gasteiger partial charge in [0, 0.05) is 42.7 Å². The number of rotatable bonds is 7. The molecule has 3 N–H and O–H groups in total. The Balaban J connectivity index is 1.43. The molecule has 0 saturated heterocycles. The van der Waals surface area contributed by atoms with Gasteiger partial charge in [0.05, 0.1) is 13.2 Å². The van der Waals surface area contributed by atoms with Crippen LogP contribution >= 0.6 is 0 Å². The first kappa shape index (κ1) is 20.5. The number of nitrogens with zero attached hydrogens (tertiary/aromatic N) is 5. The number of anilines is 2. The number of nitrogens with one attached hydrogen (secondary N) is 3. The topological polar surface area (TPSA) is 118 Å². The Labute approximate surface area is 179 Å². The molecule has 10 nitrogen and oxygen atoms in total. The molecule has 0 saturated carbocycles. The number of benzene rings is 2. The fourth-order valence-electron chi connectivity index (χ4n) is 3.14. The molecule has 2 heterocycles. The van der Waals surface area contributed by atoms with Gasteiger partial charge in [-0.05, 0) is 53.2 Å². The lowest BCUT2D eigenvalue weighted by atomic mass is 10.1. The number of guanidine groups is 1. The fraction of sp³-hybridized carbons (Fsp3) is 0.286. The second kappa shape index (κ2) is 9.81. The number of hydrogen-bond donors (Lipinski definition) is 3. The van der Waals surface area contributed by atoms with Crippen LogP contribution in [0.15, 0.2) is 53.5 Å². The van der Waals surface area contributed by atoms with Crippen LogP contribution in [0.2, 0.25) is 0 Å². The highest BCUT2D eigenvalue weighted by Crippen LogP contribution is 2.23. The van der Waals surface area contributed by atoms with Crippen LogP contribution in [0, 0.1) is 0 Å². The summed E-state index contributed by atoms with van der Waals surface area (Å²) in [7, 11) is 1.64. The molecule has 0 fully saturated rings. The Kier molecular flexibility index (Phi) is 6.48. The smallest absolute Gasteiger partial charge is 0.257 e. The van der Waals surface area contributed by atoms with Crippen molar-refractivity contribution >= 4 is 23.2 Å². The Morgan fingerprint density at radius 3 is 2.84 bits per heavy atom. The number of hydrogen-bond acceptors (Lipinski definition) is 8. The molecule has 1 amide bonds.